The Morgan fingerprint density at radius 3 is 2.31 bits per heavy atom. The van der Waals surface area contributed by atoms with Gasteiger partial charge in [-0.2, -0.15) is 0 Å². The van der Waals surface area contributed by atoms with Crippen molar-refractivity contribution >= 4 is 46.3 Å². The van der Waals surface area contributed by atoms with Crippen molar-refractivity contribution in [1.82, 2.24) is 4.98 Å². The number of rotatable bonds is 8. The van der Waals surface area contributed by atoms with E-state index in [1.807, 2.05) is 0 Å². The summed E-state index contributed by atoms with van der Waals surface area (Å²) < 4.78 is 18.7. The number of amides is 2. The molecule has 9 heteroatoms. The number of hydrogen-bond donors (Lipinski definition) is 2. The van der Waals surface area contributed by atoms with Gasteiger partial charge in [0.2, 0.25) is 11.8 Å². The summed E-state index contributed by atoms with van der Waals surface area (Å²) in [6.45, 7) is 0. The maximum atomic E-state index is 12.9. The predicted molar refractivity (Wildman–Crippen MR) is 113 cm³/mol. The summed E-state index contributed by atoms with van der Waals surface area (Å²) in [7, 11) is 1.58. The summed E-state index contributed by atoms with van der Waals surface area (Å²) in [5.74, 6) is 0.179. The number of nitrogens with one attached hydrogen (secondary N) is 2. The summed E-state index contributed by atoms with van der Waals surface area (Å²) in [4.78, 5) is 28.5. The van der Waals surface area contributed by atoms with Gasteiger partial charge in [0.1, 0.15) is 11.6 Å². The lowest BCUT2D eigenvalue weighted by molar-refractivity contribution is -0.116. The van der Waals surface area contributed by atoms with Gasteiger partial charge < -0.3 is 15.4 Å². The first-order valence-electron chi connectivity index (χ1n) is 8.58. The van der Waals surface area contributed by atoms with Gasteiger partial charge in [0.15, 0.2) is 4.34 Å². The molecule has 3 aromatic rings. The van der Waals surface area contributed by atoms with E-state index < -0.39 is 0 Å². The van der Waals surface area contributed by atoms with Crippen molar-refractivity contribution in [2.75, 3.05) is 23.5 Å². The minimum absolute atomic E-state index is 0.104. The maximum absolute atomic E-state index is 12.9. The molecule has 0 aliphatic heterocycles. The van der Waals surface area contributed by atoms with Crippen LogP contribution >= 0.6 is 23.1 Å². The molecule has 1 heterocycles. The van der Waals surface area contributed by atoms with Crippen molar-refractivity contribution in [3.63, 3.8) is 0 Å². The molecule has 150 valence electrons. The predicted octanol–water partition coefficient (Wildman–Crippen LogP) is 4.20. The standard InChI is InChI=1S/C20H18FN3O3S2/c1-27-17-8-6-15(7-9-17)23-19(26)12-29-20-24-16(11-28-20)10-18(25)22-14-4-2-13(21)3-5-14/h2-9,11H,10,12H2,1H3,(H,22,25)(H,23,26). The van der Waals surface area contributed by atoms with Crippen molar-refractivity contribution < 1.29 is 18.7 Å². The Hall–Kier alpha value is -2.91. The molecule has 6 nitrogen and oxygen atoms in total. The molecule has 2 amide bonds. The number of nitrogens with zero attached hydrogens (tertiary/aromatic N) is 1. The molecule has 3 rings (SSSR count). The molecule has 0 saturated carbocycles. The van der Waals surface area contributed by atoms with Crippen molar-refractivity contribution in [3.8, 4) is 5.75 Å². The fraction of sp³-hybridized carbons (Fsp3) is 0.150. The van der Waals surface area contributed by atoms with Crippen LogP contribution in [-0.4, -0.2) is 29.7 Å². The van der Waals surface area contributed by atoms with Gasteiger partial charge in [-0.1, -0.05) is 11.8 Å². The van der Waals surface area contributed by atoms with Crippen LogP contribution in [0.5, 0.6) is 5.75 Å². The average molecular weight is 432 g/mol. The van der Waals surface area contributed by atoms with Crippen LogP contribution in [-0.2, 0) is 16.0 Å². The summed E-state index contributed by atoms with van der Waals surface area (Å²) in [5, 5.41) is 7.28. The molecule has 0 bridgehead atoms. The van der Waals surface area contributed by atoms with Crippen LogP contribution in [0.3, 0.4) is 0 Å². The second-order valence-electron chi connectivity index (χ2n) is 5.90. The second kappa shape index (κ2) is 10.0. The first-order chi connectivity index (χ1) is 14.0. The smallest absolute Gasteiger partial charge is 0.234 e. The van der Waals surface area contributed by atoms with Gasteiger partial charge in [-0.15, -0.1) is 11.3 Å². The molecule has 0 aliphatic rings. The fourth-order valence-electron chi connectivity index (χ4n) is 2.34. The SMILES string of the molecule is COc1ccc(NC(=O)CSc2nc(CC(=O)Nc3ccc(F)cc3)cs2)cc1. The van der Waals surface area contributed by atoms with Gasteiger partial charge in [0.25, 0.3) is 0 Å². The third-order valence-corrected chi connectivity index (χ3v) is 5.77. The normalized spacial score (nSPS) is 10.4. The Bertz CT molecular complexity index is 975. The minimum atomic E-state index is -0.361. The first-order valence-corrected chi connectivity index (χ1v) is 10.4. The Labute approximate surface area is 175 Å². The lowest BCUT2D eigenvalue weighted by Crippen LogP contribution is -2.14. The monoisotopic (exact) mass is 431 g/mol. The second-order valence-corrected chi connectivity index (χ2v) is 7.98. The van der Waals surface area contributed by atoms with E-state index in [2.05, 4.69) is 15.6 Å². The third kappa shape index (κ3) is 6.58. The Kier molecular flexibility index (Phi) is 7.20. The number of methoxy groups -OCH3 is 1. The summed E-state index contributed by atoms with van der Waals surface area (Å²) in [6.07, 6.45) is 0.104. The molecule has 0 fully saturated rings. The van der Waals surface area contributed by atoms with Crippen LogP contribution in [0, 0.1) is 5.82 Å². The van der Waals surface area contributed by atoms with Crippen LogP contribution in [0.2, 0.25) is 0 Å². The number of thioether (sulfide) groups is 1. The lowest BCUT2D eigenvalue weighted by atomic mass is 10.3. The number of aromatic nitrogens is 1. The average Bonchev–Trinajstić information content (AvgIpc) is 3.16. The van der Waals surface area contributed by atoms with Gasteiger partial charge >= 0.3 is 0 Å². The molecular formula is C20H18FN3O3S2. The van der Waals surface area contributed by atoms with Crippen molar-refractivity contribution in [3.05, 3.63) is 65.4 Å². The molecule has 29 heavy (non-hydrogen) atoms. The molecule has 0 aliphatic carbocycles. The molecule has 0 radical (unpaired) electrons. The van der Waals surface area contributed by atoms with E-state index in [4.69, 9.17) is 4.74 Å². The molecule has 2 aromatic carbocycles. The molecule has 0 atom stereocenters. The number of benzene rings is 2. The first kappa shape index (κ1) is 20.8. The maximum Gasteiger partial charge on any atom is 0.234 e. The van der Waals surface area contributed by atoms with Gasteiger partial charge in [-0.25, -0.2) is 9.37 Å². The fourth-order valence-corrected chi connectivity index (χ4v) is 3.98. The number of hydrogen-bond acceptors (Lipinski definition) is 6. The van der Waals surface area contributed by atoms with Crippen molar-refractivity contribution in [1.29, 1.82) is 0 Å². The van der Waals surface area contributed by atoms with E-state index in [1.54, 1.807) is 36.8 Å². The molecule has 1 aromatic heterocycles. The van der Waals surface area contributed by atoms with E-state index in [0.29, 0.717) is 21.4 Å². The van der Waals surface area contributed by atoms with Gasteiger partial charge in [-0.05, 0) is 48.5 Å². The van der Waals surface area contributed by atoms with Crippen LogP contribution < -0.4 is 15.4 Å². The Morgan fingerprint density at radius 2 is 1.66 bits per heavy atom. The number of halogens is 1. The Morgan fingerprint density at radius 1 is 1.03 bits per heavy atom. The highest BCUT2D eigenvalue weighted by molar-refractivity contribution is 8.01. The lowest BCUT2D eigenvalue weighted by Gasteiger charge is -2.05. The van der Waals surface area contributed by atoms with Crippen LogP contribution in [0.4, 0.5) is 15.8 Å². The van der Waals surface area contributed by atoms with E-state index in [1.165, 1.54) is 47.4 Å². The van der Waals surface area contributed by atoms with Crippen LogP contribution in [0.1, 0.15) is 5.69 Å². The molecular weight excluding hydrogens is 413 g/mol. The zero-order valence-corrected chi connectivity index (χ0v) is 17.1. The number of carbonyl (C=O) groups is 2. The zero-order chi connectivity index (χ0) is 20.6. The largest absolute Gasteiger partial charge is 0.497 e. The Balaban J connectivity index is 1.44. The highest BCUT2D eigenvalue weighted by atomic mass is 32.2. The minimum Gasteiger partial charge on any atom is -0.497 e. The highest BCUT2D eigenvalue weighted by Gasteiger charge is 2.11. The summed E-state index contributed by atoms with van der Waals surface area (Å²) in [6, 6.07) is 12.6. The molecule has 0 saturated heterocycles. The topological polar surface area (TPSA) is 80.3 Å². The quantitative estimate of drug-likeness (QED) is 0.523. The van der Waals surface area contributed by atoms with E-state index in [0.717, 1.165) is 5.75 Å². The molecule has 0 unspecified atom stereocenters. The third-order valence-electron chi connectivity index (χ3n) is 3.70. The van der Waals surface area contributed by atoms with E-state index in [-0.39, 0.29) is 29.8 Å². The highest BCUT2D eigenvalue weighted by Crippen LogP contribution is 2.23. The molecule has 2 N–H and O–H groups in total. The van der Waals surface area contributed by atoms with E-state index >= 15 is 0 Å². The van der Waals surface area contributed by atoms with Crippen molar-refractivity contribution in [2.24, 2.45) is 0 Å². The number of carbonyl (C=O) groups excluding carboxylic acids is 2. The number of ether oxygens (including phenoxy) is 1. The molecule has 0 spiro atoms. The van der Waals surface area contributed by atoms with Gasteiger partial charge in [0, 0.05) is 16.8 Å². The van der Waals surface area contributed by atoms with Gasteiger partial charge in [-0.3, -0.25) is 9.59 Å². The summed E-state index contributed by atoms with van der Waals surface area (Å²) in [5.41, 5.74) is 1.83. The zero-order valence-electron chi connectivity index (χ0n) is 15.5. The van der Waals surface area contributed by atoms with Crippen LogP contribution in [0.25, 0.3) is 0 Å². The number of thiazole rings is 1. The van der Waals surface area contributed by atoms with Crippen LogP contribution in [0.15, 0.2) is 58.3 Å². The van der Waals surface area contributed by atoms with Gasteiger partial charge in [0.05, 0.1) is 25.0 Å². The number of anilines is 2. The van der Waals surface area contributed by atoms with E-state index in [9.17, 15) is 14.0 Å². The summed E-state index contributed by atoms with van der Waals surface area (Å²) >= 11 is 2.68. The van der Waals surface area contributed by atoms with Crippen molar-refractivity contribution in [2.45, 2.75) is 10.8 Å².